The van der Waals surface area contributed by atoms with E-state index in [0.717, 1.165) is 0 Å². The molecule has 0 saturated heterocycles. The van der Waals surface area contributed by atoms with Crippen LogP contribution in [0, 0.1) is 0 Å². The van der Waals surface area contributed by atoms with Crippen molar-refractivity contribution < 1.29 is 23.8 Å². The Balaban J connectivity index is 2.20. The lowest BCUT2D eigenvalue weighted by molar-refractivity contribution is 0.0697. The largest absolute Gasteiger partial charge is 0.497 e. The molecule has 0 unspecified atom stereocenters. The lowest BCUT2D eigenvalue weighted by atomic mass is 10.1. The predicted octanol–water partition coefficient (Wildman–Crippen LogP) is 3.57. The number of aromatic carboxylic acids is 1. The molecule has 0 amide bonds. The number of carboxylic acids is 1. The van der Waals surface area contributed by atoms with Crippen molar-refractivity contribution in [1.29, 1.82) is 0 Å². The van der Waals surface area contributed by atoms with Gasteiger partial charge in [-0.1, -0.05) is 0 Å². The zero-order valence-electron chi connectivity index (χ0n) is 13.6. The van der Waals surface area contributed by atoms with Crippen molar-refractivity contribution in [2.45, 2.75) is 6.92 Å². The summed E-state index contributed by atoms with van der Waals surface area (Å²) in [5, 5.41) is 9.62. The van der Waals surface area contributed by atoms with Crippen molar-refractivity contribution in [1.82, 2.24) is 0 Å². The molecule has 0 saturated carbocycles. The van der Waals surface area contributed by atoms with Crippen LogP contribution in [0.3, 0.4) is 0 Å². The molecule has 126 valence electrons. The van der Waals surface area contributed by atoms with Crippen LogP contribution in [-0.4, -0.2) is 24.0 Å². The van der Waals surface area contributed by atoms with Gasteiger partial charge in [-0.05, 0) is 55.5 Å². The van der Waals surface area contributed by atoms with E-state index in [4.69, 9.17) is 14.3 Å². The summed E-state index contributed by atoms with van der Waals surface area (Å²) < 4.78 is 10.8. The highest BCUT2D eigenvalue weighted by Crippen LogP contribution is 2.19. The van der Waals surface area contributed by atoms with Crippen LogP contribution < -0.4 is 10.3 Å². The molecule has 0 bridgehead atoms. The van der Waals surface area contributed by atoms with Gasteiger partial charge in [0, 0.05) is 5.39 Å². The van der Waals surface area contributed by atoms with Crippen molar-refractivity contribution >= 4 is 28.4 Å². The number of hydrogen-bond donors (Lipinski definition) is 1. The second kappa shape index (κ2) is 6.60. The van der Waals surface area contributed by atoms with E-state index in [1.54, 1.807) is 43.5 Å². The van der Waals surface area contributed by atoms with Gasteiger partial charge in [-0.25, -0.2) is 9.79 Å². The Kier molecular flexibility index (Phi) is 4.35. The SMILES string of the molecule is COc1ccc(/N=c2\oc3ccc(C(=O)O)cc3cc2C(C)=O)cc1. The van der Waals surface area contributed by atoms with Crippen LogP contribution in [0.1, 0.15) is 27.6 Å². The van der Waals surface area contributed by atoms with E-state index in [1.165, 1.54) is 19.1 Å². The number of nitrogens with zero attached hydrogens (tertiary/aromatic N) is 1. The standard InChI is InChI=1S/C19H15NO5/c1-11(21)16-10-13-9-12(19(22)23)3-8-17(13)25-18(16)20-14-4-6-15(24-2)7-5-14/h3-10H,1-2H3,(H,22,23)/b20-18-. The first-order chi connectivity index (χ1) is 12.0. The molecule has 1 aromatic heterocycles. The van der Waals surface area contributed by atoms with Gasteiger partial charge in [0.25, 0.3) is 0 Å². The number of ketones is 1. The smallest absolute Gasteiger partial charge is 0.335 e. The third-order valence-corrected chi connectivity index (χ3v) is 3.68. The molecule has 6 nitrogen and oxygen atoms in total. The van der Waals surface area contributed by atoms with Crippen LogP contribution in [-0.2, 0) is 0 Å². The average molecular weight is 337 g/mol. The number of Topliss-reactive ketones (excluding diaryl/α,β-unsaturated/α-hetero) is 1. The second-order valence-electron chi connectivity index (χ2n) is 5.39. The van der Waals surface area contributed by atoms with Crippen molar-refractivity contribution in [3.8, 4) is 5.75 Å². The fourth-order valence-corrected chi connectivity index (χ4v) is 2.37. The van der Waals surface area contributed by atoms with Crippen LogP contribution in [0.5, 0.6) is 5.75 Å². The molecule has 25 heavy (non-hydrogen) atoms. The minimum absolute atomic E-state index is 0.122. The molecule has 0 fully saturated rings. The molecule has 0 radical (unpaired) electrons. The first-order valence-electron chi connectivity index (χ1n) is 7.49. The molecular weight excluding hydrogens is 322 g/mol. The van der Waals surface area contributed by atoms with E-state index in [1.807, 2.05) is 0 Å². The summed E-state index contributed by atoms with van der Waals surface area (Å²) in [5.41, 5.74) is 1.63. The molecule has 2 aromatic carbocycles. The minimum atomic E-state index is -1.04. The molecule has 0 aliphatic heterocycles. The molecule has 3 rings (SSSR count). The second-order valence-corrected chi connectivity index (χ2v) is 5.39. The fraction of sp³-hybridized carbons (Fsp3) is 0.105. The average Bonchev–Trinajstić information content (AvgIpc) is 2.61. The predicted molar refractivity (Wildman–Crippen MR) is 91.4 cm³/mol. The number of benzene rings is 2. The highest BCUT2D eigenvalue weighted by molar-refractivity contribution is 5.98. The lowest BCUT2D eigenvalue weighted by Crippen LogP contribution is -2.13. The molecular formula is C19H15NO5. The summed E-state index contributed by atoms with van der Waals surface area (Å²) in [4.78, 5) is 27.4. The van der Waals surface area contributed by atoms with Gasteiger partial charge >= 0.3 is 5.97 Å². The zero-order valence-corrected chi connectivity index (χ0v) is 13.6. The van der Waals surface area contributed by atoms with Crippen LogP contribution in [0.15, 0.2) is 57.9 Å². The third kappa shape index (κ3) is 3.42. The van der Waals surface area contributed by atoms with Gasteiger partial charge in [-0.3, -0.25) is 4.79 Å². The lowest BCUT2D eigenvalue weighted by Gasteiger charge is -2.04. The molecule has 0 aliphatic rings. The summed E-state index contributed by atoms with van der Waals surface area (Å²) in [6, 6.07) is 13.1. The van der Waals surface area contributed by atoms with Crippen molar-refractivity contribution in [2.75, 3.05) is 7.11 Å². The number of fused-ring (bicyclic) bond motifs is 1. The van der Waals surface area contributed by atoms with Gasteiger partial charge < -0.3 is 14.3 Å². The molecule has 6 heteroatoms. The Morgan fingerprint density at radius 3 is 2.40 bits per heavy atom. The summed E-state index contributed by atoms with van der Waals surface area (Å²) in [6.07, 6.45) is 0. The number of carboxylic acid groups (broad SMARTS) is 1. The number of rotatable bonds is 4. The molecule has 1 heterocycles. The highest BCUT2D eigenvalue weighted by atomic mass is 16.5. The van der Waals surface area contributed by atoms with Gasteiger partial charge in [0.2, 0.25) is 5.55 Å². The minimum Gasteiger partial charge on any atom is -0.497 e. The van der Waals surface area contributed by atoms with Crippen molar-refractivity contribution in [3.05, 3.63) is 65.2 Å². The number of methoxy groups -OCH3 is 1. The van der Waals surface area contributed by atoms with Crippen LogP contribution in [0.4, 0.5) is 5.69 Å². The quantitative estimate of drug-likeness (QED) is 0.735. The number of hydrogen-bond acceptors (Lipinski definition) is 5. The maximum atomic E-state index is 12.0. The van der Waals surface area contributed by atoms with Crippen LogP contribution in [0.2, 0.25) is 0 Å². The maximum Gasteiger partial charge on any atom is 0.335 e. The Labute approximate surface area is 143 Å². The normalized spacial score (nSPS) is 11.5. The molecule has 3 aromatic rings. The first-order valence-corrected chi connectivity index (χ1v) is 7.49. The van der Waals surface area contributed by atoms with E-state index >= 15 is 0 Å². The molecule has 0 aliphatic carbocycles. The van der Waals surface area contributed by atoms with Gasteiger partial charge in [0.15, 0.2) is 5.78 Å². The third-order valence-electron chi connectivity index (χ3n) is 3.68. The highest BCUT2D eigenvalue weighted by Gasteiger charge is 2.11. The fourth-order valence-electron chi connectivity index (χ4n) is 2.37. The molecule has 1 N–H and O–H groups in total. The Bertz CT molecular complexity index is 1030. The van der Waals surface area contributed by atoms with E-state index in [0.29, 0.717) is 22.4 Å². The van der Waals surface area contributed by atoms with Gasteiger partial charge in [0.05, 0.1) is 23.9 Å². The topological polar surface area (TPSA) is 89.1 Å². The van der Waals surface area contributed by atoms with Crippen molar-refractivity contribution in [2.24, 2.45) is 4.99 Å². The number of carbonyl (C=O) groups is 2. The Hall–Kier alpha value is -3.41. The van der Waals surface area contributed by atoms with E-state index in [-0.39, 0.29) is 22.5 Å². The van der Waals surface area contributed by atoms with Crippen LogP contribution >= 0.6 is 0 Å². The van der Waals surface area contributed by atoms with Gasteiger partial charge in [-0.2, -0.15) is 0 Å². The van der Waals surface area contributed by atoms with E-state index in [2.05, 4.69) is 4.99 Å². The summed E-state index contributed by atoms with van der Waals surface area (Å²) in [5.74, 6) is -0.570. The Morgan fingerprint density at radius 1 is 1.08 bits per heavy atom. The maximum absolute atomic E-state index is 12.0. The van der Waals surface area contributed by atoms with E-state index < -0.39 is 5.97 Å². The first kappa shape index (κ1) is 16.4. The van der Waals surface area contributed by atoms with Crippen LogP contribution in [0.25, 0.3) is 11.0 Å². The van der Waals surface area contributed by atoms with Crippen molar-refractivity contribution in [3.63, 3.8) is 0 Å². The van der Waals surface area contributed by atoms with Gasteiger partial charge in [-0.15, -0.1) is 0 Å². The molecule has 0 atom stereocenters. The van der Waals surface area contributed by atoms with E-state index in [9.17, 15) is 9.59 Å². The summed E-state index contributed by atoms with van der Waals surface area (Å²) >= 11 is 0. The molecule has 0 spiro atoms. The summed E-state index contributed by atoms with van der Waals surface area (Å²) in [7, 11) is 1.57. The number of carbonyl (C=O) groups excluding carboxylic acids is 1. The number of ether oxygens (including phenoxy) is 1. The summed E-state index contributed by atoms with van der Waals surface area (Å²) in [6.45, 7) is 1.41. The monoisotopic (exact) mass is 337 g/mol. The van der Waals surface area contributed by atoms with Gasteiger partial charge in [0.1, 0.15) is 11.3 Å². The Morgan fingerprint density at radius 2 is 1.80 bits per heavy atom. The zero-order chi connectivity index (χ0) is 18.0.